The Morgan fingerprint density at radius 3 is 2.27 bits per heavy atom. The zero-order valence-electron chi connectivity index (χ0n) is 16.5. The molecule has 1 saturated heterocycles. The maximum absolute atomic E-state index is 12.1. The molecule has 0 saturated carbocycles. The zero-order valence-corrected chi connectivity index (χ0v) is 18.9. The predicted octanol–water partition coefficient (Wildman–Crippen LogP) is 2.63. The second-order valence-electron chi connectivity index (χ2n) is 7.55. The summed E-state index contributed by atoms with van der Waals surface area (Å²) in [6.45, 7) is 10.5. The number of methoxy groups -OCH3 is 1. The fourth-order valence-electron chi connectivity index (χ4n) is 2.86. The molecule has 26 heavy (non-hydrogen) atoms. The molecule has 0 bridgehead atoms. The van der Waals surface area contributed by atoms with Crippen LogP contribution in [-0.4, -0.2) is 49.6 Å². The standard InChI is InChI=1S/C19H30N4O2.HI/c1-18(2)13-23(19(18,3)4)17(20-5)22-12-16(24)21-11-14-7-9-15(25-6)10-8-14;/h7-10H,11-13H2,1-6H3,(H,20,22)(H,21,24);1H. The highest BCUT2D eigenvalue weighted by molar-refractivity contribution is 14.0. The number of nitrogens with one attached hydrogen (secondary N) is 2. The number of carbonyl (C=O) groups excluding carboxylic acids is 1. The fraction of sp³-hybridized carbons (Fsp3) is 0.579. The van der Waals surface area contributed by atoms with Gasteiger partial charge in [-0.25, -0.2) is 0 Å². The Balaban J connectivity index is 0.00000338. The lowest BCUT2D eigenvalue weighted by Gasteiger charge is -2.62. The fourth-order valence-corrected chi connectivity index (χ4v) is 2.86. The number of ether oxygens (including phenoxy) is 1. The monoisotopic (exact) mass is 474 g/mol. The van der Waals surface area contributed by atoms with Crippen molar-refractivity contribution in [1.82, 2.24) is 15.5 Å². The van der Waals surface area contributed by atoms with Gasteiger partial charge in [0.1, 0.15) is 5.75 Å². The number of nitrogens with zero attached hydrogens (tertiary/aromatic N) is 2. The third-order valence-electron chi connectivity index (χ3n) is 5.41. The van der Waals surface area contributed by atoms with Crippen LogP contribution in [0.5, 0.6) is 5.75 Å². The molecular weight excluding hydrogens is 443 g/mol. The van der Waals surface area contributed by atoms with Gasteiger partial charge in [0.15, 0.2) is 5.96 Å². The Kier molecular flexibility index (Phi) is 7.73. The number of guanidine groups is 1. The minimum atomic E-state index is -0.0606. The number of hydrogen-bond acceptors (Lipinski definition) is 3. The minimum Gasteiger partial charge on any atom is -0.497 e. The summed E-state index contributed by atoms with van der Waals surface area (Å²) in [5.74, 6) is 1.51. The Bertz CT molecular complexity index is 641. The van der Waals surface area contributed by atoms with E-state index in [1.807, 2.05) is 24.3 Å². The zero-order chi connectivity index (χ0) is 18.7. The van der Waals surface area contributed by atoms with Crippen molar-refractivity contribution >= 4 is 35.8 Å². The van der Waals surface area contributed by atoms with Gasteiger partial charge in [-0.2, -0.15) is 0 Å². The molecule has 0 radical (unpaired) electrons. The van der Waals surface area contributed by atoms with Gasteiger partial charge in [-0.05, 0) is 31.5 Å². The van der Waals surface area contributed by atoms with Crippen molar-refractivity contribution in [3.05, 3.63) is 29.8 Å². The van der Waals surface area contributed by atoms with E-state index in [0.717, 1.165) is 23.8 Å². The molecule has 1 aliphatic rings. The molecule has 1 fully saturated rings. The van der Waals surface area contributed by atoms with E-state index in [4.69, 9.17) is 4.74 Å². The van der Waals surface area contributed by atoms with Crippen LogP contribution in [0, 0.1) is 5.41 Å². The number of amides is 1. The average molecular weight is 474 g/mol. The molecule has 0 aromatic heterocycles. The lowest BCUT2D eigenvalue weighted by atomic mass is 9.65. The van der Waals surface area contributed by atoms with E-state index >= 15 is 0 Å². The van der Waals surface area contributed by atoms with Crippen molar-refractivity contribution in [2.24, 2.45) is 10.4 Å². The quantitative estimate of drug-likeness (QED) is 0.391. The normalized spacial score (nSPS) is 17.6. The number of carbonyl (C=O) groups is 1. The van der Waals surface area contributed by atoms with Crippen LogP contribution in [-0.2, 0) is 11.3 Å². The lowest BCUT2D eigenvalue weighted by molar-refractivity contribution is -0.120. The molecule has 6 nitrogen and oxygen atoms in total. The van der Waals surface area contributed by atoms with Gasteiger partial charge < -0.3 is 20.3 Å². The summed E-state index contributed by atoms with van der Waals surface area (Å²) in [6, 6.07) is 7.65. The summed E-state index contributed by atoms with van der Waals surface area (Å²) >= 11 is 0. The molecule has 0 aliphatic carbocycles. The first-order chi connectivity index (χ1) is 11.7. The minimum absolute atomic E-state index is 0. The largest absolute Gasteiger partial charge is 0.497 e. The summed E-state index contributed by atoms with van der Waals surface area (Å²) < 4.78 is 5.13. The van der Waals surface area contributed by atoms with Crippen molar-refractivity contribution in [2.75, 3.05) is 27.2 Å². The molecule has 1 heterocycles. The molecule has 2 rings (SSSR count). The number of aliphatic imine (C=N–C) groups is 1. The van der Waals surface area contributed by atoms with E-state index in [2.05, 4.69) is 48.2 Å². The molecular formula is C19H31IN4O2. The van der Waals surface area contributed by atoms with Crippen LogP contribution in [0.2, 0.25) is 0 Å². The number of benzene rings is 1. The van der Waals surface area contributed by atoms with Crippen LogP contribution in [0.1, 0.15) is 33.3 Å². The maximum Gasteiger partial charge on any atom is 0.239 e. The van der Waals surface area contributed by atoms with E-state index in [1.54, 1.807) is 14.2 Å². The summed E-state index contributed by atoms with van der Waals surface area (Å²) in [5.41, 5.74) is 1.26. The Hall–Kier alpha value is -1.51. The summed E-state index contributed by atoms with van der Waals surface area (Å²) in [5, 5.41) is 6.07. The Labute approximate surface area is 173 Å². The van der Waals surface area contributed by atoms with Crippen molar-refractivity contribution in [1.29, 1.82) is 0 Å². The van der Waals surface area contributed by atoms with Gasteiger partial charge in [0.2, 0.25) is 5.91 Å². The van der Waals surface area contributed by atoms with Crippen molar-refractivity contribution in [3.63, 3.8) is 0 Å². The van der Waals surface area contributed by atoms with Crippen LogP contribution in [0.3, 0.4) is 0 Å². The first-order valence-corrected chi connectivity index (χ1v) is 8.59. The summed E-state index contributed by atoms with van der Waals surface area (Å²) in [7, 11) is 3.38. The average Bonchev–Trinajstić information content (AvgIpc) is 2.59. The number of rotatable bonds is 5. The van der Waals surface area contributed by atoms with E-state index in [9.17, 15) is 4.79 Å². The second-order valence-corrected chi connectivity index (χ2v) is 7.55. The smallest absolute Gasteiger partial charge is 0.239 e. The van der Waals surface area contributed by atoms with E-state index in [0.29, 0.717) is 6.54 Å². The van der Waals surface area contributed by atoms with Crippen molar-refractivity contribution < 1.29 is 9.53 Å². The SMILES string of the molecule is CN=C(NCC(=O)NCc1ccc(OC)cc1)N1CC(C)(C)C1(C)C.I. The second kappa shape index (κ2) is 8.92. The highest BCUT2D eigenvalue weighted by Crippen LogP contribution is 2.46. The van der Waals surface area contributed by atoms with Crippen LogP contribution in [0.15, 0.2) is 29.3 Å². The van der Waals surface area contributed by atoms with Gasteiger partial charge >= 0.3 is 0 Å². The molecule has 1 aromatic carbocycles. The molecule has 7 heteroatoms. The van der Waals surface area contributed by atoms with Gasteiger partial charge in [-0.15, -0.1) is 24.0 Å². The van der Waals surface area contributed by atoms with E-state index < -0.39 is 0 Å². The topological polar surface area (TPSA) is 66.0 Å². The third kappa shape index (κ3) is 4.81. The molecule has 1 aromatic rings. The Morgan fingerprint density at radius 1 is 1.19 bits per heavy atom. The maximum atomic E-state index is 12.1. The molecule has 146 valence electrons. The first kappa shape index (κ1) is 22.5. The van der Waals surface area contributed by atoms with E-state index in [-0.39, 0.29) is 47.4 Å². The van der Waals surface area contributed by atoms with Crippen LogP contribution >= 0.6 is 24.0 Å². The molecule has 1 aliphatic heterocycles. The van der Waals surface area contributed by atoms with Gasteiger partial charge in [0.25, 0.3) is 0 Å². The molecule has 1 amide bonds. The molecule has 0 atom stereocenters. The molecule has 0 spiro atoms. The van der Waals surface area contributed by atoms with Crippen molar-refractivity contribution in [2.45, 2.75) is 39.8 Å². The van der Waals surface area contributed by atoms with Gasteiger partial charge in [-0.3, -0.25) is 9.79 Å². The number of likely N-dealkylation sites (tertiary alicyclic amines) is 1. The third-order valence-corrected chi connectivity index (χ3v) is 5.41. The molecule has 0 unspecified atom stereocenters. The van der Waals surface area contributed by atoms with Crippen LogP contribution in [0.25, 0.3) is 0 Å². The first-order valence-electron chi connectivity index (χ1n) is 8.59. The number of hydrogen-bond donors (Lipinski definition) is 2. The van der Waals surface area contributed by atoms with Gasteiger partial charge in [0.05, 0.1) is 13.7 Å². The summed E-state index contributed by atoms with van der Waals surface area (Å²) in [4.78, 5) is 18.6. The van der Waals surface area contributed by atoms with Gasteiger partial charge in [0, 0.05) is 31.1 Å². The highest BCUT2D eigenvalue weighted by Gasteiger charge is 2.53. The predicted molar refractivity (Wildman–Crippen MR) is 116 cm³/mol. The van der Waals surface area contributed by atoms with Crippen LogP contribution < -0.4 is 15.4 Å². The molecule has 2 N–H and O–H groups in total. The Morgan fingerprint density at radius 2 is 1.81 bits per heavy atom. The van der Waals surface area contributed by atoms with E-state index in [1.165, 1.54) is 0 Å². The number of halogens is 1. The summed E-state index contributed by atoms with van der Waals surface area (Å²) in [6.07, 6.45) is 0. The van der Waals surface area contributed by atoms with Gasteiger partial charge in [-0.1, -0.05) is 26.0 Å². The highest BCUT2D eigenvalue weighted by atomic mass is 127. The van der Waals surface area contributed by atoms with Crippen LogP contribution in [0.4, 0.5) is 0 Å². The van der Waals surface area contributed by atoms with Crippen molar-refractivity contribution in [3.8, 4) is 5.75 Å². The lowest BCUT2D eigenvalue weighted by Crippen LogP contribution is -2.72.